The number of pyridine rings is 1. The second kappa shape index (κ2) is 10.4. The predicted octanol–water partition coefficient (Wildman–Crippen LogP) is 3.88. The minimum atomic E-state index is 0.534. The zero-order valence-corrected chi connectivity index (χ0v) is 19.5. The number of nitrogens with one attached hydrogen (secondary N) is 2. The average molecular weight is 447 g/mol. The van der Waals surface area contributed by atoms with Crippen molar-refractivity contribution in [3.05, 3.63) is 48.9 Å². The molecule has 0 radical (unpaired) electrons. The van der Waals surface area contributed by atoms with Crippen LogP contribution in [0.3, 0.4) is 0 Å². The van der Waals surface area contributed by atoms with Gasteiger partial charge in [0.1, 0.15) is 11.6 Å². The Bertz CT molecular complexity index is 1040. The van der Waals surface area contributed by atoms with Gasteiger partial charge in [0.15, 0.2) is 0 Å². The van der Waals surface area contributed by atoms with Gasteiger partial charge in [0.25, 0.3) is 0 Å². The third kappa shape index (κ3) is 5.20. The van der Waals surface area contributed by atoms with E-state index in [-0.39, 0.29) is 0 Å². The molecule has 2 fully saturated rings. The van der Waals surface area contributed by atoms with Crippen LogP contribution >= 0.6 is 0 Å². The highest BCUT2D eigenvalue weighted by Gasteiger charge is 2.19. The average Bonchev–Trinajstić information content (AvgIpc) is 3.54. The van der Waals surface area contributed by atoms with Crippen LogP contribution in [0.25, 0.3) is 22.5 Å². The summed E-state index contributed by atoms with van der Waals surface area (Å²) in [6.45, 7) is 6.25. The second-order valence-electron chi connectivity index (χ2n) is 9.01. The lowest BCUT2D eigenvalue weighted by molar-refractivity contribution is 0.233. The van der Waals surface area contributed by atoms with E-state index in [4.69, 9.17) is 9.72 Å². The molecule has 7 nitrogen and oxygen atoms in total. The van der Waals surface area contributed by atoms with Crippen LogP contribution in [0.1, 0.15) is 25.7 Å². The highest BCUT2D eigenvalue weighted by Crippen LogP contribution is 2.33. The van der Waals surface area contributed by atoms with Gasteiger partial charge in [-0.1, -0.05) is 12.8 Å². The summed E-state index contributed by atoms with van der Waals surface area (Å²) in [5.41, 5.74) is 4.38. The molecule has 174 valence electrons. The molecular formula is C26H34N6O. The molecule has 2 aromatic heterocycles. The molecule has 5 rings (SSSR count). The fraction of sp³-hybridized carbons (Fsp3) is 0.462. The lowest BCUT2D eigenvalue weighted by atomic mass is 10.0. The Kier molecular flexibility index (Phi) is 6.88. The first kappa shape index (κ1) is 21.9. The van der Waals surface area contributed by atoms with Crippen molar-refractivity contribution >= 4 is 5.82 Å². The molecule has 1 saturated carbocycles. The Labute approximate surface area is 196 Å². The van der Waals surface area contributed by atoms with Crippen LogP contribution in [0.15, 0.2) is 48.9 Å². The maximum Gasteiger partial charge on any atom is 0.126 e. The van der Waals surface area contributed by atoms with Crippen LogP contribution in [-0.2, 0) is 6.54 Å². The molecule has 7 heteroatoms. The van der Waals surface area contributed by atoms with Crippen molar-refractivity contribution in [3.8, 4) is 28.3 Å². The lowest BCUT2D eigenvalue weighted by Gasteiger charge is -2.27. The van der Waals surface area contributed by atoms with Gasteiger partial charge >= 0.3 is 0 Å². The number of anilines is 1. The molecule has 1 aliphatic carbocycles. The van der Waals surface area contributed by atoms with Crippen LogP contribution in [-0.4, -0.2) is 65.3 Å². The van der Waals surface area contributed by atoms with E-state index < -0.39 is 0 Å². The summed E-state index contributed by atoms with van der Waals surface area (Å²) < 4.78 is 7.66. The van der Waals surface area contributed by atoms with E-state index in [0.717, 1.165) is 73.4 Å². The SMILES string of the molecule is COc1ccc(-c2ncn(CCN3CCNCC3)c2-c2ccnc(NC3CCCC3)c2)cc1. The van der Waals surface area contributed by atoms with E-state index in [1.165, 1.54) is 25.7 Å². The summed E-state index contributed by atoms with van der Waals surface area (Å²) in [6.07, 6.45) is 8.96. The van der Waals surface area contributed by atoms with Gasteiger partial charge in [-0.15, -0.1) is 0 Å². The minimum absolute atomic E-state index is 0.534. The van der Waals surface area contributed by atoms with Crippen LogP contribution in [0, 0.1) is 0 Å². The summed E-state index contributed by atoms with van der Waals surface area (Å²) in [7, 11) is 1.70. The first-order valence-corrected chi connectivity index (χ1v) is 12.2. The first-order chi connectivity index (χ1) is 16.3. The lowest BCUT2D eigenvalue weighted by Crippen LogP contribution is -2.44. The number of imidazole rings is 1. The van der Waals surface area contributed by atoms with Crippen LogP contribution < -0.4 is 15.4 Å². The maximum atomic E-state index is 5.36. The number of hydrogen-bond donors (Lipinski definition) is 2. The fourth-order valence-electron chi connectivity index (χ4n) is 4.93. The smallest absolute Gasteiger partial charge is 0.126 e. The van der Waals surface area contributed by atoms with Gasteiger partial charge in [-0.05, 0) is 49.2 Å². The molecule has 0 spiro atoms. The van der Waals surface area contributed by atoms with Gasteiger partial charge < -0.3 is 19.9 Å². The largest absolute Gasteiger partial charge is 0.497 e. The van der Waals surface area contributed by atoms with Crippen molar-refractivity contribution in [2.24, 2.45) is 0 Å². The molecule has 0 atom stereocenters. The Hall–Kier alpha value is -2.90. The van der Waals surface area contributed by atoms with Crippen molar-refractivity contribution in [2.75, 3.05) is 45.2 Å². The number of benzene rings is 1. The van der Waals surface area contributed by atoms with E-state index in [0.29, 0.717) is 6.04 Å². The molecule has 3 heterocycles. The minimum Gasteiger partial charge on any atom is -0.497 e. The number of nitrogens with zero attached hydrogens (tertiary/aromatic N) is 4. The first-order valence-electron chi connectivity index (χ1n) is 12.2. The van der Waals surface area contributed by atoms with Gasteiger partial charge in [-0.2, -0.15) is 0 Å². The summed E-state index contributed by atoms with van der Waals surface area (Å²) >= 11 is 0. The Morgan fingerprint density at radius 1 is 1.00 bits per heavy atom. The third-order valence-corrected chi connectivity index (χ3v) is 6.81. The molecule has 2 N–H and O–H groups in total. The monoisotopic (exact) mass is 446 g/mol. The zero-order valence-electron chi connectivity index (χ0n) is 19.5. The molecule has 1 saturated heterocycles. The van der Waals surface area contributed by atoms with E-state index in [1.807, 2.05) is 24.7 Å². The third-order valence-electron chi connectivity index (χ3n) is 6.81. The Balaban J connectivity index is 1.46. The number of aromatic nitrogens is 3. The highest BCUT2D eigenvalue weighted by atomic mass is 16.5. The van der Waals surface area contributed by atoms with Crippen LogP contribution in [0.2, 0.25) is 0 Å². The number of methoxy groups -OCH3 is 1. The molecule has 1 aliphatic heterocycles. The quantitative estimate of drug-likeness (QED) is 0.547. The molecule has 33 heavy (non-hydrogen) atoms. The zero-order chi connectivity index (χ0) is 22.5. The van der Waals surface area contributed by atoms with Crippen LogP contribution in [0.5, 0.6) is 5.75 Å². The van der Waals surface area contributed by atoms with Crippen molar-refractivity contribution in [1.29, 1.82) is 0 Å². The topological polar surface area (TPSA) is 67.2 Å². The molecule has 3 aromatic rings. The molecule has 0 bridgehead atoms. The summed E-state index contributed by atoms with van der Waals surface area (Å²) in [5, 5.41) is 7.08. The highest BCUT2D eigenvalue weighted by molar-refractivity contribution is 5.79. The van der Waals surface area contributed by atoms with Gasteiger partial charge in [0.05, 0.1) is 24.8 Å². The van der Waals surface area contributed by atoms with Crippen molar-refractivity contribution in [1.82, 2.24) is 24.8 Å². The number of rotatable bonds is 8. The number of hydrogen-bond acceptors (Lipinski definition) is 6. The standard InChI is InChI=1S/C26H34N6O/c1-33-23-8-6-20(7-9-23)25-26(32(19-29-25)17-16-31-14-12-27-13-15-31)21-10-11-28-24(18-21)30-22-4-2-3-5-22/h6-11,18-19,22,27H,2-5,12-17H2,1H3,(H,28,30). The maximum absolute atomic E-state index is 5.36. The predicted molar refractivity (Wildman–Crippen MR) is 133 cm³/mol. The molecule has 0 unspecified atom stereocenters. The van der Waals surface area contributed by atoms with E-state index >= 15 is 0 Å². The Morgan fingerprint density at radius 3 is 2.55 bits per heavy atom. The van der Waals surface area contributed by atoms with E-state index in [9.17, 15) is 0 Å². The van der Waals surface area contributed by atoms with Gasteiger partial charge in [-0.3, -0.25) is 4.90 Å². The summed E-state index contributed by atoms with van der Waals surface area (Å²) in [6, 6.07) is 13.0. The Morgan fingerprint density at radius 2 is 1.79 bits per heavy atom. The second-order valence-corrected chi connectivity index (χ2v) is 9.01. The number of piperazine rings is 1. The summed E-state index contributed by atoms with van der Waals surface area (Å²) in [5.74, 6) is 1.81. The van der Waals surface area contributed by atoms with Crippen molar-refractivity contribution < 1.29 is 4.74 Å². The van der Waals surface area contributed by atoms with Crippen LogP contribution in [0.4, 0.5) is 5.82 Å². The van der Waals surface area contributed by atoms with Gasteiger partial charge in [-0.25, -0.2) is 9.97 Å². The fourth-order valence-corrected chi connectivity index (χ4v) is 4.93. The van der Waals surface area contributed by atoms with Gasteiger partial charge in [0.2, 0.25) is 0 Å². The normalized spacial score (nSPS) is 17.4. The molecule has 1 aromatic carbocycles. The van der Waals surface area contributed by atoms with Crippen molar-refractivity contribution in [3.63, 3.8) is 0 Å². The van der Waals surface area contributed by atoms with Crippen molar-refractivity contribution in [2.45, 2.75) is 38.3 Å². The number of ether oxygens (including phenoxy) is 1. The molecule has 0 amide bonds. The van der Waals surface area contributed by atoms with E-state index in [1.54, 1.807) is 7.11 Å². The summed E-state index contributed by atoms with van der Waals surface area (Å²) in [4.78, 5) is 12.0. The molecule has 2 aliphatic rings. The molecular weight excluding hydrogens is 412 g/mol. The van der Waals surface area contributed by atoms with E-state index in [2.05, 4.69) is 49.4 Å². The van der Waals surface area contributed by atoms with Gasteiger partial charge in [0, 0.05) is 62.6 Å².